The Kier molecular flexibility index (Phi) is 11.6. The molecule has 1 fully saturated rings. The van der Waals surface area contributed by atoms with Gasteiger partial charge in [0.1, 0.15) is 6.54 Å². The zero-order valence-electron chi connectivity index (χ0n) is 23.4. The van der Waals surface area contributed by atoms with Gasteiger partial charge < -0.3 is 35.0 Å². The number of aromatic nitrogens is 1. The van der Waals surface area contributed by atoms with Crippen LogP contribution in [0.15, 0.2) is 60.8 Å². The number of hydrogen-bond acceptors (Lipinski definition) is 7. The molecule has 1 unspecified atom stereocenters. The lowest BCUT2D eigenvalue weighted by Gasteiger charge is -2.18. The lowest BCUT2D eigenvalue weighted by Crippen LogP contribution is -2.42. The first-order valence-electron chi connectivity index (χ1n) is 13.5. The molecule has 12 heteroatoms. The summed E-state index contributed by atoms with van der Waals surface area (Å²) in [5, 5.41) is 38.0. The summed E-state index contributed by atoms with van der Waals surface area (Å²) >= 11 is 0. The molecule has 5 N–H and O–H groups in total. The minimum absolute atomic E-state index is 0.0136. The van der Waals surface area contributed by atoms with Gasteiger partial charge in [-0.1, -0.05) is 48.5 Å². The number of fused-ring (bicyclic) bond motifs is 1. The zero-order chi connectivity index (χ0) is 30.7. The summed E-state index contributed by atoms with van der Waals surface area (Å²) in [6.07, 6.45) is 1.06. The normalized spacial score (nSPS) is 15.1. The average molecular weight is 584 g/mol. The molecule has 226 valence electrons. The lowest BCUT2D eigenvalue weighted by molar-refractivity contribution is -0.170. The fraction of sp³-hybridized carbons (Fsp3) is 0.400. The molecule has 2 heterocycles. The van der Waals surface area contributed by atoms with Crippen LogP contribution < -0.4 is 5.32 Å². The number of carboxylic acids is 3. The van der Waals surface area contributed by atoms with Crippen molar-refractivity contribution in [3.8, 4) is 0 Å². The van der Waals surface area contributed by atoms with Crippen LogP contribution >= 0.6 is 0 Å². The van der Waals surface area contributed by atoms with Crippen LogP contribution in [0.5, 0.6) is 0 Å². The Labute approximate surface area is 243 Å². The number of para-hydroxylation sites is 1. The lowest BCUT2D eigenvalue weighted by atomic mass is 9.96. The number of methoxy groups -OCH3 is 1. The monoisotopic (exact) mass is 583 g/mol. The molecule has 0 spiro atoms. The fourth-order valence-corrected chi connectivity index (χ4v) is 5.01. The van der Waals surface area contributed by atoms with Crippen molar-refractivity contribution in [3.05, 3.63) is 71.9 Å². The zero-order valence-corrected chi connectivity index (χ0v) is 23.4. The summed E-state index contributed by atoms with van der Waals surface area (Å²) in [6, 6.07) is 19.2. The van der Waals surface area contributed by atoms with E-state index in [1.165, 1.54) is 22.9 Å². The molecule has 1 aliphatic rings. The Bertz CT molecular complexity index is 1360. The summed E-state index contributed by atoms with van der Waals surface area (Å²) in [5.74, 6) is -4.40. The third-order valence-corrected chi connectivity index (χ3v) is 7.04. The molecule has 42 heavy (non-hydrogen) atoms. The van der Waals surface area contributed by atoms with Crippen LogP contribution in [0.3, 0.4) is 0 Å². The molecule has 4 rings (SSSR count). The number of aliphatic carboxylic acids is 3. The van der Waals surface area contributed by atoms with Crippen molar-refractivity contribution in [2.45, 2.75) is 43.9 Å². The number of carbonyl (C=O) groups excluding carboxylic acids is 1. The Morgan fingerprint density at radius 1 is 0.976 bits per heavy atom. The van der Waals surface area contributed by atoms with Crippen molar-refractivity contribution in [2.24, 2.45) is 0 Å². The highest BCUT2D eigenvalue weighted by Crippen LogP contribution is 2.30. The van der Waals surface area contributed by atoms with Gasteiger partial charge in [-0.05, 0) is 36.1 Å². The summed E-state index contributed by atoms with van der Waals surface area (Å²) in [7, 11) is 1.64. The molecule has 1 atom stereocenters. The van der Waals surface area contributed by atoms with Gasteiger partial charge in [-0.2, -0.15) is 0 Å². The summed E-state index contributed by atoms with van der Waals surface area (Å²) in [6.45, 7) is 4.51. The molecule has 12 nitrogen and oxygen atoms in total. The van der Waals surface area contributed by atoms with Crippen LogP contribution in [0, 0.1) is 0 Å². The number of aliphatic hydroxyl groups is 1. The van der Waals surface area contributed by atoms with Gasteiger partial charge >= 0.3 is 17.9 Å². The van der Waals surface area contributed by atoms with E-state index in [1.54, 1.807) is 7.11 Å². The van der Waals surface area contributed by atoms with Crippen LogP contribution in [-0.4, -0.2) is 92.7 Å². The Balaban J connectivity index is 0.000000316. The summed E-state index contributed by atoms with van der Waals surface area (Å²) < 4.78 is 7.07. The number of carbonyl (C=O) groups is 4. The number of carboxylic acid groups (broad SMARTS) is 3. The van der Waals surface area contributed by atoms with E-state index in [9.17, 15) is 19.2 Å². The molecule has 0 saturated carbocycles. The predicted molar refractivity (Wildman–Crippen MR) is 153 cm³/mol. The standard InChI is InChI=1S/C24H29N3O2.C6H8O7/c1-29-14-12-25-24(28)18-27-17-21(22-9-5-6-10-23(22)27)16-26-13-11-20(15-26)19-7-3-2-4-8-19;7-3(8)1-6(13,5(11)12)2-4(9)10/h2-10,17,20H,11-16,18H2,1H3,(H,25,28);13H,1-2H2,(H,7,8)(H,9,10)(H,11,12). The maximum absolute atomic E-state index is 12.3. The van der Waals surface area contributed by atoms with Crippen molar-refractivity contribution in [3.63, 3.8) is 0 Å². The fourth-order valence-electron chi connectivity index (χ4n) is 5.01. The molecule has 1 aromatic heterocycles. The Morgan fingerprint density at radius 3 is 2.24 bits per heavy atom. The molecule has 3 aromatic rings. The van der Waals surface area contributed by atoms with Crippen molar-refractivity contribution in [1.82, 2.24) is 14.8 Å². The SMILES string of the molecule is COCCNC(=O)Cn1cc(CN2CCC(c3ccccc3)C2)c2ccccc21.O=C(O)CC(O)(CC(=O)O)C(=O)O. The maximum atomic E-state index is 12.3. The van der Waals surface area contributed by atoms with E-state index in [0.717, 1.165) is 25.2 Å². The van der Waals surface area contributed by atoms with Crippen molar-refractivity contribution < 1.29 is 44.3 Å². The smallest absolute Gasteiger partial charge is 0.336 e. The highest BCUT2D eigenvalue weighted by molar-refractivity contribution is 5.88. The first-order valence-corrected chi connectivity index (χ1v) is 13.5. The van der Waals surface area contributed by atoms with Gasteiger partial charge in [0, 0.05) is 43.8 Å². The topological polar surface area (TPSA) is 179 Å². The van der Waals surface area contributed by atoms with Gasteiger partial charge in [-0.25, -0.2) is 4.79 Å². The summed E-state index contributed by atoms with van der Waals surface area (Å²) in [5.41, 5.74) is 1.10. The summed E-state index contributed by atoms with van der Waals surface area (Å²) in [4.78, 5) is 45.3. The number of likely N-dealkylation sites (tertiary alicyclic amines) is 1. The second kappa shape index (κ2) is 15.1. The number of rotatable bonds is 13. The van der Waals surface area contributed by atoms with E-state index in [0.29, 0.717) is 25.6 Å². The van der Waals surface area contributed by atoms with Crippen LogP contribution in [0.4, 0.5) is 0 Å². The third kappa shape index (κ3) is 9.13. The average Bonchev–Trinajstić information content (AvgIpc) is 3.54. The largest absolute Gasteiger partial charge is 0.481 e. The number of nitrogens with zero attached hydrogens (tertiary/aromatic N) is 2. The minimum Gasteiger partial charge on any atom is -0.481 e. The van der Waals surface area contributed by atoms with Gasteiger partial charge in [0.25, 0.3) is 0 Å². The van der Waals surface area contributed by atoms with Crippen LogP contribution in [0.1, 0.15) is 36.3 Å². The van der Waals surface area contributed by atoms with E-state index in [4.69, 9.17) is 25.2 Å². The molecule has 1 aliphatic heterocycles. The Hall–Kier alpha value is -4.26. The molecular weight excluding hydrogens is 546 g/mol. The number of amides is 1. The van der Waals surface area contributed by atoms with Crippen LogP contribution in [0.25, 0.3) is 10.9 Å². The number of benzene rings is 2. The first-order chi connectivity index (χ1) is 20.0. The number of nitrogens with one attached hydrogen (secondary N) is 1. The van der Waals surface area contributed by atoms with Gasteiger partial charge in [-0.15, -0.1) is 0 Å². The van der Waals surface area contributed by atoms with Gasteiger partial charge in [0.2, 0.25) is 5.91 Å². The Morgan fingerprint density at radius 2 is 1.62 bits per heavy atom. The van der Waals surface area contributed by atoms with Crippen molar-refractivity contribution >= 4 is 34.7 Å². The highest BCUT2D eigenvalue weighted by atomic mass is 16.5. The number of hydrogen-bond donors (Lipinski definition) is 5. The molecule has 1 saturated heterocycles. The van der Waals surface area contributed by atoms with Crippen LogP contribution in [-0.2, 0) is 37.0 Å². The van der Waals surface area contributed by atoms with Gasteiger partial charge in [0.15, 0.2) is 5.60 Å². The second-order valence-corrected chi connectivity index (χ2v) is 10.3. The van der Waals surface area contributed by atoms with E-state index >= 15 is 0 Å². The maximum Gasteiger partial charge on any atom is 0.336 e. The minimum atomic E-state index is -2.74. The molecule has 1 amide bonds. The molecule has 2 aromatic carbocycles. The van der Waals surface area contributed by atoms with Crippen molar-refractivity contribution in [1.29, 1.82) is 0 Å². The molecule has 0 radical (unpaired) electrons. The van der Waals surface area contributed by atoms with E-state index < -0.39 is 36.4 Å². The quantitative estimate of drug-likeness (QED) is 0.187. The predicted octanol–water partition coefficient (Wildman–Crippen LogP) is 2.14. The van der Waals surface area contributed by atoms with Crippen molar-refractivity contribution in [2.75, 3.05) is 33.4 Å². The van der Waals surface area contributed by atoms with E-state index in [1.807, 2.05) is 6.07 Å². The first kappa shape index (κ1) is 32.3. The molecule has 0 aliphatic carbocycles. The van der Waals surface area contributed by atoms with Gasteiger partial charge in [0.05, 0.1) is 19.4 Å². The highest BCUT2D eigenvalue weighted by Gasteiger charge is 2.40. The second-order valence-electron chi connectivity index (χ2n) is 10.3. The van der Waals surface area contributed by atoms with E-state index in [-0.39, 0.29) is 5.91 Å². The van der Waals surface area contributed by atoms with E-state index in [2.05, 4.69) is 69.5 Å². The molecule has 0 bridgehead atoms. The molecular formula is C30H37N3O9. The van der Waals surface area contributed by atoms with Crippen LogP contribution in [0.2, 0.25) is 0 Å². The van der Waals surface area contributed by atoms with Gasteiger partial charge in [-0.3, -0.25) is 19.3 Å². The third-order valence-electron chi connectivity index (χ3n) is 7.04. The number of ether oxygens (including phenoxy) is 1.